The Balaban J connectivity index is 1.70. The van der Waals surface area contributed by atoms with Crippen LogP contribution in [0.1, 0.15) is 36.8 Å². The largest absolute Gasteiger partial charge is 0.390 e. The molecule has 6 heteroatoms. The highest BCUT2D eigenvalue weighted by molar-refractivity contribution is 5.14. The number of rotatable bonds is 17. The third-order valence-corrected chi connectivity index (χ3v) is 5.75. The molecule has 0 amide bonds. The molecule has 2 aromatic rings. The predicted octanol–water partition coefficient (Wildman–Crippen LogP) is 3.53. The Hall–Kier alpha value is -2.32. The van der Waals surface area contributed by atoms with E-state index in [0.717, 1.165) is 11.1 Å². The average molecular weight is 471 g/mol. The van der Waals surface area contributed by atoms with E-state index in [1.807, 2.05) is 60.7 Å². The number of hydrogen-bond acceptors (Lipinski definition) is 6. The zero-order valence-electron chi connectivity index (χ0n) is 19.7. The highest BCUT2D eigenvalue weighted by Gasteiger charge is 2.24. The Morgan fingerprint density at radius 2 is 0.882 bits per heavy atom. The smallest absolute Gasteiger partial charge is 0.102 e. The Bertz CT molecular complexity index is 743. The monoisotopic (exact) mass is 470 g/mol. The second-order valence-electron chi connectivity index (χ2n) is 8.42. The summed E-state index contributed by atoms with van der Waals surface area (Å²) >= 11 is 0. The van der Waals surface area contributed by atoms with Gasteiger partial charge in [0.15, 0.2) is 0 Å². The van der Waals surface area contributed by atoms with Crippen molar-refractivity contribution in [2.24, 2.45) is 0 Å². The molecule has 2 aromatic carbocycles. The lowest BCUT2D eigenvalue weighted by atomic mass is 9.97. The van der Waals surface area contributed by atoms with Crippen molar-refractivity contribution in [2.45, 2.75) is 75.5 Å². The molecular weight excluding hydrogens is 432 g/mol. The van der Waals surface area contributed by atoms with E-state index >= 15 is 0 Å². The Kier molecular flexibility index (Phi) is 12.8. The van der Waals surface area contributed by atoms with Gasteiger partial charge in [-0.25, -0.2) is 0 Å². The molecule has 0 radical (unpaired) electrons. The molecule has 2 rings (SSSR count). The van der Waals surface area contributed by atoms with E-state index in [2.05, 4.69) is 13.2 Å². The maximum Gasteiger partial charge on any atom is 0.102 e. The zero-order chi connectivity index (χ0) is 24.8. The SMILES string of the molecule is C=C[C@@H](OCc1ccccc1)[C@H](O)CC[C@@H](O)[C@H](O)CC[C@@H](O)[C@@H](C=C)OCc1ccccc1. The van der Waals surface area contributed by atoms with Crippen LogP contribution in [0, 0.1) is 0 Å². The van der Waals surface area contributed by atoms with Gasteiger partial charge in [-0.3, -0.25) is 0 Å². The second-order valence-corrected chi connectivity index (χ2v) is 8.42. The molecule has 6 atom stereocenters. The van der Waals surface area contributed by atoms with Crippen molar-refractivity contribution < 1.29 is 29.9 Å². The fourth-order valence-corrected chi connectivity index (χ4v) is 3.60. The summed E-state index contributed by atoms with van der Waals surface area (Å²) in [6.45, 7) is 8.12. The molecule has 0 aromatic heterocycles. The maximum absolute atomic E-state index is 10.4. The van der Waals surface area contributed by atoms with E-state index in [9.17, 15) is 20.4 Å². The minimum atomic E-state index is -1.03. The van der Waals surface area contributed by atoms with Crippen LogP contribution in [0.4, 0.5) is 0 Å². The second kappa shape index (κ2) is 15.6. The van der Waals surface area contributed by atoms with E-state index < -0.39 is 36.6 Å². The van der Waals surface area contributed by atoms with Crippen molar-refractivity contribution >= 4 is 0 Å². The highest BCUT2D eigenvalue weighted by Crippen LogP contribution is 2.17. The summed E-state index contributed by atoms with van der Waals surface area (Å²) in [4.78, 5) is 0. The minimum Gasteiger partial charge on any atom is -0.390 e. The van der Waals surface area contributed by atoms with Gasteiger partial charge < -0.3 is 29.9 Å². The molecule has 186 valence electrons. The summed E-state index contributed by atoms with van der Waals surface area (Å²) < 4.78 is 11.5. The average Bonchev–Trinajstić information content (AvgIpc) is 2.87. The third kappa shape index (κ3) is 9.89. The van der Waals surface area contributed by atoms with Gasteiger partial charge in [-0.2, -0.15) is 0 Å². The Morgan fingerprint density at radius 1 is 0.559 bits per heavy atom. The number of ether oxygens (including phenoxy) is 2. The Labute approximate surface area is 202 Å². The number of hydrogen-bond donors (Lipinski definition) is 4. The summed E-state index contributed by atoms with van der Waals surface area (Å²) in [6, 6.07) is 19.2. The fourth-order valence-electron chi connectivity index (χ4n) is 3.60. The van der Waals surface area contributed by atoms with Crippen LogP contribution < -0.4 is 0 Å². The van der Waals surface area contributed by atoms with Crippen LogP contribution in [0.3, 0.4) is 0 Å². The highest BCUT2D eigenvalue weighted by atomic mass is 16.5. The first-order valence-corrected chi connectivity index (χ1v) is 11.7. The van der Waals surface area contributed by atoms with Gasteiger partial charge >= 0.3 is 0 Å². The molecule has 0 bridgehead atoms. The first kappa shape index (κ1) is 27.9. The molecule has 6 nitrogen and oxygen atoms in total. The van der Waals surface area contributed by atoms with Crippen molar-refractivity contribution in [3.05, 3.63) is 97.1 Å². The van der Waals surface area contributed by atoms with Crippen molar-refractivity contribution in [2.75, 3.05) is 0 Å². The van der Waals surface area contributed by atoms with E-state index in [4.69, 9.17) is 9.47 Å². The molecule has 0 unspecified atom stereocenters. The van der Waals surface area contributed by atoms with Crippen LogP contribution in [0.5, 0.6) is 0 Å². The van der Waals surface area contributed by atoms with Crippen molar-refractivity contribution in [3.63, 3.8) is 0 Å². The van der Waals surface area contributed by atoms with Gasteiger partial charge in [-0.15, -0.1) is 13.2 Å². The lowest BCUT2D eigenvalue weighted by Gasteiger charge is -2.25. The van der Waals surface area contributed by atoms with Crippen LogP contribution in [-0.4, -0.2) is 57.0 Å². The molecule has 0 spiro atoms. The van der Waals surface area contributed by atoms with Gasteiger partial charge in [0, 0.05) is 0 Å². The number of benzene rings is 2. The lowest BCUT2D eigenvalue weighted by Crippen LogP contribution is -2.33. The fraction of sp³-hybridized carbons (Fsp3) is 0.429. The minimum absolute atomic E-state index is 0.187. The van der Waals surface area contributed by atoms with Gasteiger partial charge in [0.1, 0.15) is 12.2 Å². The zero-order valence-corrected chi connectivity index (χ0v) is 19.7. The van der Waals surface area contributed by atoms with Crippen molar-refractivity contribution in [3.8, 4) is 0 Å². The summed E-state index contributed by atoms with van der Waals surface area (Å²) in [5.74, 6) is 0. The van der Waals surface area contributed by atoms with E-state index in [0.29, 0.717) is 13.2 Å². The molecule has 4 N–H and O–H groups in total. The predicted molar refractivity (Wildman–Crippen MR) is 133 cm³/mol. The van der Waals surface area contributed by atoms with E-state index in [-0.39, 0.29) is 25.7 Å². The molecule has 34 heavy (non-hydrogen) atoms. The number of aliphatic hydroxyl groups is 4. The van der Waals surface area contributed by atoms with Crippen molar-refractivity contribution in [1.82, 2.24) is 0 Å². The summed E-state index contributed by atoms with van der Waals surface area (Å²) in [5.41, 5.74) is 1.97. The third-order valence-electron chi connectivity index (χ3n) is 5.75. The number of aliphatic hydroxyl groups excluding tert-OH is 4. The van der Waals surface area contributed by atoms with Gasteiger partial charge in [0.25, 0.3) is 0 Å². The van der Waals surface area contributed by atoms with Gasteiger partial charge in [-0.05, 0) is 36.8 Å². The standard InChI is InChI=1S/C28H38O6/c1-3-27(33-19-21-11-7-5-8-12-21)25(31)17-15-23(29)24(30)16-18-26(32)28(4-2)34-20-22-13-9-6-10-14-22/h3-14,23-32H,1-2,15-20H2/t23-,24-,25-,26-,27-,28-/m1/s1. The van der Waals surface area contributed by atoms with Crippen LogP contribution >= 0.6 is 0 Å². The first-order chi connectivity index (χ1) is 16.4. The van der Waals surface area contributed by atoms with Crippen LogP contribution in [0.2, 0.25) is 0 Å². The van der Waals surface area contributed by atoms with E-state index in [1.165, 1.54) is 12.2 Å². The molecule has 0 aliphatic heterocycles. The normalized spacial score (nSPS) is 16.7. The summed E-state index contributed by atoms with van der Waals surface area (Å²) in [7, 11) is 0. The van der Waals surface area contributed by atoms with Gasteiger partial charge in [0.05, 0.1) is 37.6 Å². The molecule has 0 fully saturated rings. The van der Waals surface area contributed by atoms with Crippen molar-refractivity contribution in [1.29, 1.82) is 0 Å². The topological polar surface area (TPSA) is 99.4 Å². The molecule has 0 aliphatic carbocycles. The Morgan fingerprint density at radius 3 is 1.21 bits per heavy atom. The quantitative estimate of drug-likeness (QED) is 0.264. The maximum atomic E-state index is 10.4. The summed E-state index contributed by atoms with van der Waals surface area (Å²) in [6.07, 6.45) is -1.01. The van der Waals surface area contributed by atoms with Gasteiger partial charge in [0.2, 0.25) is 0 Å². The molecular formula is C28H38O6. The molecule has 0 heterocycles. The molecule has 0 saturated carbocycles. The van der Waals surface area contributed by atoms with E-state index in [1.54, 1.807) is 0 Å². The lowest BCUT2D eigenvalue weighted by molar-refractivity contribution is -0.0479. The summed E-state index contributed by atoms with van der Waals surface area (Å²) in [5, 5.41) is 41.5. The first-order valence-electron chi connectivity index (χ1n) is 11.7. The van der Waals surface area contributed by atoms with Gasteiger partial charge in [-0.1, -0.05) is 72.8 Å². The molecule has 0 saturated heterocycles. The van der Waals surface area contributed by atoms with Crippen LogP contribution in [0.25, 0.3) is 0 Å². The van der Waals surface area contributed by atoms with Crippen LogP contribution in [-0.2, 0) is 22.7 Å². The molecule has 0 aliphatic rings. The van der Waals surface area contributed by atoms with Crippen LogP contribution in [0.15, 0.2) is 86.0 Å².